The van der Waals surface area contributed by atoms with E-state index in [4.69, 9.17) is 4.74 Å². The highest BCUT2D eigenvalue weighted by Crippen LogP contribution is 2.37. The van der Waals surface area contributed by atoms with Gasteiger partial charge in [0.1, 0.15) is 17.5 Å². The summed E-state index contributed by atoms with van der Waals surface area (Å²) in [6.07, 6.45) is 1.21. The zero-order chi connectivity index (χ0) is 25.5. The van der Waals surface area contributed by atoms with Crippen molar-refractivity contribution in [2.45, 2.75) is 25.8 Å². The van der Waals surface area contributed by atoms with Gasteiger partial charge in [-0.1, -0.05) is 22.0 Å². The van der Waals surface area contributed by atoms with Gasteiger partial charge in [-0.3, -0.25) is 9.80 Å². The fraction of sp³-hybridized carbons (Fsp3) is 0.250. The number of aromatic nitrogens is 1. The van der Waals surface area contributed by atoms with E-state index in [1.54, 1.807) is 0 Å². The molecule has 0 bridgehead atoms. The van der Waals surface area contributed by atoms with Gasteiger partial charge in [-0.15, -0.1) is 0 Å². The summed E-state index contributed by atoms with van der Waals surface area (Å²) in [5, 5.41) is 0. The molecule has 1 aliphatic heterocycles. The molecule has 0 spiro atoms. The van der Waals surface area contributed by atoms with E-state index in [0.29, 0.717) is 6.92 Å². The van der Waals surface area contributed by atoms with E-state index in [1.165, 1.54) is 31.5 Å². The number of nitrogens with zero attached hydrogens (tertiary/aromatic N) is 3. The van der Waals surface area contributed by atoms with Crippen LogP contribution >= 0.6 is 15.9 Å². The molecule has 0 saturated carbocycles. The summed E-state index contributed by atoms with van der Waals surface area (Å²) in [4.78, 5) is 19.7. The number of alkyl halides is 2. The topological polar surface area (TPSA) is 45.7 Å². The minimum absolute atomic E-state index is 0.00212. The number of fused-ring (bicyclic) bond motifs is 1. The number of pyridine rings is 1. The van der Waals surface area contributed by atoms with Crippen molar-refractivity contribution in [1.29, 1.82) is 0 Å². The Morgan fingerprint density at radius 2 is 1.80 bits per heavy atom. The van der Waals surface area contributed by atoms with Gasteiger partial charge in [0, 0.05) is 29.1 Å². The van der Waals surface area contributed by atoms with Crippen LogP contribution in [0.15, 0.2) is 47.1 Å². The normalized spacial score (nSPS) is 14.1. The highest BCUT2D eigenvalue weighted by Gasteiger charge is 2.35. The van der Waals surface area contributed by atoms with Crippen molar-refractivity contribution < 1.29 is 31.5 Å². The van der Waals surface area contributed by atoms with Gasteiger partial charge in [-0.25, -0.2) is 31.7 Å². The number of carbonyl (C=O) groups excluding carboxylic acids is 1. The minimum Gasteiger partial charge on any atom is -0.481 e. The minimum atomic E-state index is -3.33. The molecule has 0 N–H and O–H groups in total. The number of carbonyl (C=O) groups is 1. The fourth-order valence-electron chi connectivity index (χ4n) is 3.96. The van der Waals surface area contributed by atoms with Gasteiger partial charge >= 0.3 is 6.03 Å². The van der Waals surface area contributed by atoms with E-state index >= 15 is 0 Å². The van der Waals surface area contributed by atoms with Gasteiger partial charge in [0.05, 0.1) is 36.8 Å². The third-order valence-electron chi connectivity index (χ3n) is 5.67. The number of methoxy groups -OCH3 is 1. The van der Waals surface area contributed by atoms with E-state index in [1.807, 2.05) is 0 Å². The Morgan fingerprint density at radius 1 is 1.11 bits per heavy atom. The summed E-state index contributed by atoms with van der Waals surface area (Å²) in [6, 6.07) is 6.43. The Bertz CT molecular complexity index is 1280. The number of halogens is 6. The molecule has 11 heteroatoms. The van der Waals surface area contributed by atoms with Gasteiger partial charge < -0.3 is 4.74 Å². The van der Waals surface area contributed by atoms with Gasteiger partial charge in [-0.2, -0.15) is 0 Å². The molecule has 5 nitrogen and oxygen atoms in total. The SMILES string of the molecule is COc1ncc(N2CCc3c(F)cccc3N(Cc3c(F)cc(Br)cc3F)C2=O)cc1C(C)(F)F. The molecule has 0 radical (unpaired) electrons. The Labute approximate surface area is 206 Å². The number of amides is 2. The zero-order valence-electron chi connectivity index (χ0n) is 18.6. The molecular formula is C24H19BrF5N3O2. The molecule has 0 saturated heterocycles. The molecule has 1 aromatic heterocycles. The Hall–Kier alpha value is -3.21. The maximum Gasteiger partial charge on any atom is 0.329 e. The van der Waals surface area contributed by atoms with E-state index in [-0.39, 0.29) is 40.3 Å². The number of rotatable bonds is 5. The third kappa shape index (κ3) is 4.82. The molecule has 0 aliphatic carbocycles. The molecule has 2 amide bonds. The number of hydrogen-bond acceptors (Lipinski definition) is 3. The monoisotopic (exact) mass is 555 g/mol. The van der Waals surface area contributed by atoms with Crippen molar-refractivity contribution in [3.05, 3.63) is 81.2 Å². The second kappa shape index (κ2) is 9.44. The van der Waals surface area contributed by atoms with Crippen molar-refractivity contribution in [3.8, 4) is 5.88 Å². The lowest BCUT2D eigenvalue weighted by Crippen LogP contribution is -2.43. The maximum absolute atomic E-state index is 14.7. The Morgan fingerprint density at radius 3 is 2.43 bits per heavy atom. The lowest BCUT2D eigenvalue weighted by Gasteiger charge is -2.29. The predicted molar refractivity (Wildman–Crippen MR) is 123 cm³/mol. The van der Waals surface area contributed by atoms with Crippen LogP contribution in [0.25, 0.3) is 0 Å². The van der Waals surface area contributed by atoms with Crippen molar-refractivity contribution >= 4 is 33.3 Å². The van der Waals surface area contributed by atoms with Crippen LogP contribution in [0.5, 0.6) is 5.88 Å². The molecule has 0 unspecified atom stereocenters. The molecule has 0 fully saturated rings. The summed E-state index contributed by atoms with van der Waals surface area (Å²) in [5.41, 5.74) is -0.671. The predicted octanol–water partition coefficient (Wildman–Crippen LogP) is 6.57. The Balaban J connectivity index is 1.83. The molecule has 4 rings (SSSR count). The first kappa shape index (κ1) is 24.9. The van der Waals surface area contributed by atoms with Crippen molar-refractivity contribution in [3.63, 3.8) is 0 Å². The highest BCUT2D eigenvalue weighted by molar-refractivity contribution is 9.10. The first-order valence-corrected chi connectivity index (χ1v) is 11.2. The van der Waals surface area contributed by atoms with Crippen molar-refractivity contribution in [1.82, 2.24) is 4.98 Å². The average molecular weight is 556 g/mol. The summed E-state index contributed by atoms with van der Waals surface area (Å²) < 4.78 is 77.5. The third-order valence-corrected chi connectivity index (χ3v) is 6.13. The summed E-state index contributed by atoms with van der Waals surface area (Å²) in [6.45, 7) is 0.0194. The van der Waals surface area contributed by atoms with E-state index in [0.717, 1.165) is 28.0 Å². The Kier molecular flexibility index (Phi) is 6.72. The van der Waals surface area contributed by atoms with Crippen LogP contribution in [0.3, 0.4) is 0 Å². The summed E-state index contributed by atoms with van der Waals surface area (Å²) >= 11 is 3.01. The molecule has 1 aliphatic rings. The lowest BCUT2D eigenvalue weighted by molar-refractivity contribution is 0.0145. The number of ether oxygens (including phenoxy) is 1. The second-order valence-electron chi connectivity index (χ2n) is 7.99. The van der Waals surface area contributed by atoms with Gasteiger partial charge in [0.2, 0.25) is 5.88 Å². The van der Waals surface area contributed by atoms with Gasteiger partial charge in [-0.05, 0) is 36.8 Å². The standard InChI is InChI=1S/C24H19BrF5N3O2/c1-24(29,30)17-10-14(11-31-22(17)35-2)32-7-6-15-18(26)4-3-5-21(15)33(23(32)34)12-16-19(27)8-13(25)9-20(16)28/h3-5,8-11H,6-7,12H2,1-2H3. The van der Waals surface area contributed by atoms with Crippen LogP contribution in [0.4, 0.5) is 38.1 Å². The van der Waals surface area contributed by atoms with Crippen molar-refractivity contribution in [2.75, 3.05) is 23.5 Å². The number of anilines is 2. The zero-order valence-corrected chi connectivity index (χ0v) is 20.2. The van der Waals surface area contributed by atoms with Crippen LogP contribution < -0.4 is 14.5 Å². The largest absolute Gasteiger partial charge is 0.481 e. The summed E-state index contributed by atoms with van der Waals surface area (Å²) in [5.74, 6) is -6.06. The fourth-order valence-corrected chi connectivity index (χ4v) is 4.36. The quantitative estimate of drug-likeness (QED) is 0.334. The molecule has 184 valence electrons. The van der Waals surface area contributed by atoms with Crippen LogP contribution in [-0.4, -0.2) is 24.7 Å². The molecule has 3 aromatic rings. The first-order valence-electron chi connectivity index (χ1n) is 10.4. The van der Waals surface area contributed by atoms with Crippen LogP contribution in [0.1, 0.15) is 23.6 Å². The number of hydrogen-bond donors (Lipinski definition) is 0. The molecule has 35 heavy (non-hydrogen) atoms. The van der Waals surface area contributed by atoms with E-state index in [2.05, 4.69) is 20.9 Å². The van der Waals surface area contributed by atoms with Crippen LogP contribution in [-0.2, 0) is 18.9 Å². The molecule has 2 heterocycles. The summed E-state index contributed by atoms with van der Waals surface area (Å²) in [7, 11) is 1.19. The number of benzene rings is 2. The van der Waals surface area contributed by atoms with E-state index in [9.17, 15) is 26.7 Å². The van der Waals surface area contributed by atoms with E-state index < -0.39 is 47.1 Å². The second-order valence-corrected chi connectivity index (χ2v) is 8.91. The molecule has 0 atom stereocenters. The smallest absolute Gasteiger partial charge is 0.329 e. The van der Waals surface area contributed by atoms with Crippen molar-refractivity contribution in [2.24, 2.45) is 0 Å². The lowest BCUT2D eigenvalue weighted by atomic mass is 10.1. The first-order chi connectivity index (χ1) is 16.5. The van der Waals surface area contributed by atoms with Gasteiger partial charge in [0.25, 0.3) is 5.92 Å². The molecular weight excluding hydrogens is 537 g/mol. The maximum atomic E-state index is 14.7. The van der Waals surface area contributed by atoms with Crippen LogP contribution in [0.2, 0.25) is 0 Å². The highest BCUT2D eigenvalue weighted by atomic mass is 79.9. The average Bonchev–Trinajstić information content (AvgIpc) is 2.92. The number of urea groups is 1. The molecule has 2 aromatic carbocycles. The van der Waals surface area contributed by atoms with Gasteiger partial charge in [0.15, 0.2) is 0 Å². The van der Waals surface area contributed by atoms with Crippen LogP contribution in [0, 0.1) is 17.5 Å².